The van der Waals surface area contributed by atoms with E-state index >= 15 is 0 Å². The van der Waals surface area contributed by atoms with Crippen LogP contribution >= 0.6 is 0 Å². The van der Waals surface area contributed by atoms with Crippen molar-refractivity contribution >= 4 is 113 Å². The maximum absolute atomic E-state index is 14.9. The number of aliphatic hydroxyl groups is 1. The van der Waals surface area contributed by atoms with Crippen molar-refractivity contribution in [3.63, 3.8) is 0 Å². The highest BCUT2D eigenvalue weighted by Gasteiger charge is 2.50. The van der Waals surface area contributed by atoms with Crippen LogP contribution in [-0.4, -0.2) is 194 Å². The van der Waals surface area contributed by atoms with Crippen LogP contribution in [0.25, 0.3) is 21.5 Å². The van der Waals surface area contributed by atoms with Crippen LogP contribution in [0.1, 0.15) is 70.4 Å². The predicted molar refractivity (Wildman–Crippen MR) is 303 cm³/mol. The summed E-state index contributed by atoms with van der Waals surface area (Å²) >= 11 is 0. The molecule has 4 aromatic rings. The number of anilines is 1. The van der Waals surface area contributed by atoms with Crippen molar-refractivity contribution in [2.75, 3.05) is 90.3 Å². The third kappa shape index (κ3) is 14.8. The molecule has 0 bridgehead atoms. The number of rotatable bonds is 30. The summed E-state index contributed by atoms with van der Waals surface area (Å²) in [7, 11) is -25.4. The first-order chi connectivity index (χ1) is 41.5. The molecule has 1 aliphatic carbocycles. The molecule has 8 rings (SSSR count). The highest BCUT2D eigenvalue weighted by atomic mass is 32.2. The molecule has 34 heteroatoms. The lowest BCUT2D eigenvalue weighted by Crippen LogP contribution is -2.34. The summed E-state index contributed by atoms with van der Waals surface area (Å²) in [6.07, 6.45) is 0.674. The number of hydroxylamine groups is 2. The molecule has 484 valence electrons. The number of nitrogens with zero attached hydrogens (tertiary/aromatic N) is 3. The Morgan fingerprint density at radius 2 is 1.15 bits per heavy atom. The molecule has 3 heterocycles. The van der Waals surface area contributed by atoms with Crippen molar-refractivity contribution in [3.8, 4) is 0 Å². The van der Waals surface area contributed by atoms with Gasteiger partial charge in [0, 0.05) is 78.6 Å². The van der Waals surface area contributed by atoms with E-state index in [9.17, 15) is 89.1 Å². The number of Topliss-reactive ketones (excluding diaryl/α,β-unsaturated/α-hetero) is 1. The fourth-order valence-corrected chi connectivity index (χ4v) is 14.5. The van der Waals surface area contributed by atoms with E-state index in [1.165, 1.54) is 66.7 Å². The van der Waals surface area contributed by atoms with E-state index in [0.717, 1.165) is 12.1 Å². The minimum Gasteiger partial charge on any atom is -0.748 e. The van der Waals surface area contributed by atoms with E-state index in [-0.39, 0.29) is 127 Å². The Labute approximate surface area is 511 Å². The summed E-state index contributed by atoms with van der Waals surface area (Å²) in [5.74, 6) is -5.07. The number of carbonyl (C=O) groups is 4. The van der Waals surface area contributed by atoms with Gasteiger partial charge in [0.25, 0.3) is 11.8 Å². The number of carbonyl (C=O) groups excluding carboxylic acids is 4. The summed E-state index contributed by atoms with van der Waals surface area (Å²) < 4.78 is 217. The molecule has 2 amide bonds. The summed E-state index contributed by atoms with van der Waals surface area (Å²) in [6, 6.07) is 7.58. The number of methoxy groups -OCH3 is 1. The number of ketones is 1. The first-order valence-corrected chi connectivity index (χ1v) is 34.4. The van der Waals surface area contributed by atoms with E-state index < -0.39 is 140 Å². The quantitative estimate of drug-likeness (QED) is 0.0257. The van der Waals surface area contributed by atoms with Crippen molar-refractivity contribution in [1.29, 1.82) is 0 Å². The zero-order valence-electron chi connectivity index (χ0n) is 48.0. The van der Waals surface area contributed by atoms with Gasteiger partial charge in [-0.05, 0) is 97.8 Å². The molecule has 0 radical (unpaired) electrons. The maximum Gasteiger partial charge on any atom is 0.333 e. The lowest BCUT2D eigenvalue weighted by atomic mass is 9.74. The van der Waals surface area contributed by atoms with Crippen LogP contribution in [0.2, 0.25) is 0 Å². The van der Waals surface area contributed by atoms with E-state index in [4.69, 9.17) is 28.5 Å². The minimum absolute atomic E-state index is 0.00137. The van der Waals surface area contributed by atoms with Gasteiger partial charge in [-0.3, -0.25) is 14.4 Å². The second kappa shape index (κ2) is 26.4. The number of aliphatic hydroxyl groups excluding tert-OH is 1. The van der Waals surface area contributed by atoms with Gasteiger partial charge in [0.15, 0.2) is 5.71 Å². The molecule has 1 N–H and O–H groups in total. The molecule has 1 unspecified atom stereocenters. The molecule has 0 aromatic heterocycles. The predicted octanol–water partition coefficient (Wildman–Crippen LogP) is 2.39. The van der Waals surface area contributed by atoms with Gasteiger partial charge in [0.05, 0.1) is 112 Å². The first-order valence-electron chi connectivity index (χ1n) is 27.2. The lowest BCUT2D eigenvalue weighted by Gasteiger charge is -2.32. The van der Waals surface area contributed by atoms with Gasteiger partial charge >= 0.3 is 5.97 Å². The van der Waals surface area contributed by atoms with Gasteiger partial charge in [-0.15, -0.1) is 5.06 Å². The molecule has 3 aliphatic heterocycles. The van der Waals surface area contributed by atoms with Gasteiger partial charge in [-0.25, -0.2) is 46.9 Å². The second-order valence-corrected chi connectivity index (χ2v) is 28.5. The number of fused-ring (bicyclic) bond motifs is 6. The van der Waals surface area contributed by atoms with Crippen molar-refractivity contribution in [3.05, 3.63) is 94.4 Å². The summed E-state index contributed by atoms with van der Waals surface area (Å²) in [5, 5.41) is 11.3. The number of hydrogen-bond donors (Lipinski definition) is 1. The minimum atomic E-state index is -5.55. The number of benzene rings is 4. The lowest BCUT2D eigenvalue weighted by molar-refractivity contribution is -0.438. The normalized spacial score (nSPS) is 19.0. The molecule has 89 heavy (non-hydrogen) atoms. The topological polar surface area (TPSA) is 439 Å². The summed E-state index contributed by atoms with van der Waals surface area (Å²) in [6.45, 7) is 5.93. The first kappa shape index (κ1) is 68.4. The van der Waals surface area contributed by atoms with Crippen LogP contribution in [0.15, 0.2) is 103 Å². The maximum atomic E-state index is 14.9. The molecule has 0 spiro atoms. The average molecular weight is 1340 g/mol. The Hall–Kier alpha value is -6.48. The van der Waals surface area contributed by atoms with Crippen molar-refractivity contribution in [2.45, 2.75) is 89.7 Å². The van der Waals surface area contributed by atoms with Crippen molar-refractivity contribution in [2.24, 2.45) is 0 Å². The fraction of sp³-hybridized carbons (Fsp3) is 0.436. The summed E-state index contributed by atoms with van der Waals surface area (Å²) in [4.78, 5) is 54.5. The standard InChI is InChI=1S/C55H63N3O26S5/c1-54(2)45(56(15-5-7-49(61)84-58-47(59)12-13-48(58)60)41-10-8-35-37(50(41)54)27-33(86(67,68)69)29-43(35)88(73,74)75)31-39-52(62)40(53(39)63)32-46-55(3,14-6-26-85(64,65)66)51-38-28-34(87(70,71)72)30-44(89(76,77)78)36(38)9-11-42(51)57(46)16-17-80-20-21-82-24-25-83-23-22-81-19-18-79-4/h8-11,27-32H,5-7,12-26H2,1-4H3,(H5-,62,63,64,65,66,67,68,69,70,71,72,73,74,75,76,77,78)/p-4. The Bertz CT molecular complexity index is 4290. The Morgan fingerprint density at radius 1 is 0.640 bits per heavy atom. The molecule has 4 aliphatic rings. The molecule has 4 aromatic carbocycles. The number of allylic oxidation sites excluding steroid dienone is 5. The zero-order valence-corrected chi connectivity index (χ0v) is 52.1. The van der Waals surface area contributed by atoms with Gasteiger partial charge in [-0.1, -0.05) is 6.07 Å². The van der Waals surface area contributed by atoms with Crippen molar-refractivity contribution < 1.29 is 122 Å². The molecular formula is C55H59N3O26S5-4. The van der Waals surface area contributed by atoms with Crippen LogP contribution in [-0.2, 0) is 109 Å². The molecule has 29 nitrogen and oxygen atoms in total. The second-order valence-electron chi connectivity index (χ2n) is 21.5. The fourth-order valence-electron chi connectivity index (χ4n) is 11.3. The van der Waals surface area contributed by atoms with Crippen LogP contribution in [0.4, 0.5) is 11.4 Å². The highest BCUT2D eigenvalue weighted by Crippen LogP contribution is 2.55. The van der Waals surface area contributed by atoms with Crippen LogP contribution in [0.5, 0.6) is 0 Å². The molecular weight excluding hydrogens is 1280 g/mol. The zero-order chi connectivity index (χ0) is 65.4. The van der Waals surface area contributed by atoms with E-state index in [1.54, 1.807) is 7.11 Å². The van der Waals surface area contributed by atoms with Gasteiger partial charge < -0.3 is 61.3 Å². The number of hydrogen-bond acceptors (Lipinski definition) is 27. The monoisotopic (exact) mass is 1340 g/mol. The third-order valence-electron chi connectivity index (χ3n) is 15.4. The van der Waals surface area contributed by atoms with Gasteiger partial charge in [-0.2, -0.15) is 4.58 Å². The van der Waals surface area contributed by atoms with Crippen molar-refractivity contribution in [1.82, 2.24) is 5.06 Å². The van der Waals surface area contributed by atoms with E-state index in [2.05, 4.69) is 0 Å². The smallest absolute Gasteiger partial charge is 0.333 e. The SMILES string of the molecule is COCCOCCOCCOCCOCCN1/C(=C/C2=C(O)C(=CC3=[N+](CCCC(=O)ON4C(=O)CCC4=O)c4ccc5c(S(=O)(=O)[O-])cc(S(=O)(=O)[O-])cc5c4C3(C)C)C2=O)C(C)(CCCS(=O)(=O)[O-])c2c1ccc1c(S(=O)(=O)[O-])cc(S(=O)(=O)[O-])cc21. The third-order valence-corrected chi connectivity index (χ3v) is 19.5. The number of imide groups is 1. The highest BCUT2D eigenvalue weighted by molar-refractivity contribution is 7.87. The molecule has 1 atom stereocenters. The van der Waals surface area contributed by atoms with Crippen LogP contribution < -0.4 is 4.90 Å². The van der Waals surface area contributed by atoms with Crippen LogP contribution in [0.3, 0.4) is 0 Å². The summed E-state index contributed by atoms with van der Waals surface area (Å²) in [5.41, 5.74) is -3.51. The van der Waals surface area contributed by atoms with Crippen LogP contribution in [0, 0.1) is 0 Å². The van der Waals surface area contributed by atoms with E-state index in [1.807, 2.05) is 0 Å². The number of amides is 2. The number of ether oxygens (including phenoxy) is 5. The average Bonchev–Trinajstić information content (AvgIpc) is 1.62. The Kier molecular flexibility index (Phi) is 20.3. The Morgan fingerprint density at radius 3 is 1.64 bits per heavy atom. The van der Waals surface area contributed by atoms with Gasteiger partial charge in [0.2, 0.25) is 11.5 Å². The van der Waals surface area contributed by atoms with E-state index in [0.29, 0.717) is 43.6 Å². The van der Waals surface area contributed by atoms with Gasteiger partial charge in [0.1, 0.15) is 52.8 Å². The molecule has 1 saturated heterocycles. The Balaban J connectivity index is 1.23. The molecule has 1 fully saturated rings. The molecule has 0 saturated carbocycles. The largest absolute Gasteiger partial charge is 0.748 e.